The quantitative estimate of drug-likeness (QED) is 0.732. The maximum Gasteiger partial charge on any atom is 0.306 e. The van der Waals surface area contributed by atoms with Crippen LogP contribution in [0.3, 0.4) is 0 Å². The highest BCUT2D eigenvalue weighted by molar-refractivity contribution is 5.69. The van der Waals surface area contributed by atoms with Crippen molar-refractivity contribution in [2.24, 2.45) is 17.8 Å². The Hall–Kier alpha value is -0.610. The molecule has 2 rings (SSSR count). The topological polar surface area (TPSA) is 41.6 Å². The first-order valence-corrected chi connectivity index (χ1v) is 8.61. The van der Waals surface area contributed by atoms with Crippen molar-refractivity contribution in [3.8, 4) is 0 Å². The van der Waals surface area contributed by atoms with Crippen LogP contribution < -0.4 is 5.32 Å². The molecule has 1 N–H and O–H groups in total. The lowest BCUT2D eigenvalue weighted by atomic mass is 9.83. The molecule has 4 nitrogen and oxygen atoms in total. The van der Waals surface area contributed by atoms with Crippen LogP contribution in [0.5, 0.6) is 0 Å². The van der Waals surface area contributed by atoms with E-state index in [0.717, 1.165) is 31.5 Å². The van der Waals surface area contributed by atoms with E-state index in [4.69, 9.17) is 4.74 Å². The fraction of sp³-hybridized carbons (Fsp3) is 0.941. The van der Waals surface area contributed by atoms with Gasteiger partial charge in [0.2, 0.25) is 0 Å². The van der Waals surface area contributed by atoms with Gasteiger partial charge in [-0.1, -0.05) is 20.3 Å². The SMILES string of the molecule is COC(=O)CCN1CC(NCC2CCC2)CC(C(C)C)C1. The summed E-state index contributed by atoms with van der Waals surface area (Å²) >= 11 is 0. The number of nitrogens with zero attached hydrogens (tertiary/aromatic N) is 1. The number of hydrogen-bond donors (Lipinski definition) is 1. The number of nitrogens with one attached hydrogen (secondary N) is 1. The summed E-state index contributed by atoms with van der Waals surface area (Å²) in [5.74, 6) is 2.25. The molecule has 1 heterocycles. The van der Waals surface area contributed by atoms with Crippen molar-refractivity contribution in [3.63, 3.8) is 0 Å². The molecule has 2 unspecified atom stereocenters. The number of carbonyl (C=O) groups is 1. The molecule has 0 aromatic carbocycles. The van der Waals surface area contributed by atoms with E-state index in [1.807, 2.05) is 0 Å². The van der Waals surface area contributed by atoms with Gasteiger partial charge in [0.25, 0.3) is 0 Å². The van der Waals surface area contributed by atoms with Gasteiger partial charge < -0.3 is 15.0 Å². The van der Waals surface area contributed by atoms with Crippen molar-refractivity contribution >= 4 is 5.97 Å². The second-order valence-corrected chi connectivity index (χ2v) is 7.23. The number of likely N-dealkylation sites (tertiary alicyclic amines) is 1. The average Bonchev–Trinajstić information content (AvgIpc) is 2.42. The van der Waals surface area contributed by atoms with E-state index in [-0.39, 0.29) is 5.97 Å². The minimum atomic E-state index is -0.0966. The maximum atomic E-state index is 11.3. The summed E-state index contributed by atoms with van der Waals surface area (Å²) in [5.41, 5.74) is 0. The molecule has 21 heavy (non-hydrogen) atoms. The predicted octanol–water partition coefficient (Wildman–Crippen LogP) is 2.29. The number of carbonyl (C=O) groups excluding carboxylic acids is 1. The highest BCUT2D eigenvalue weighted by Gasteiger charge is 2.29. The largest absolute Gasteiger partial charge is 0.469 e. The minimum absolute atomic E-state index is 0.0966. The molecule has 0 amide bonds. The Kier molecular flexibility index (Phi) is 6.49. The fourth-order valence-corrected chi connectivity index (χ4v) is 3.43. The van der Waals surface area contributed by atoms with Crippen molar-refractivity contribution < 1.29 is 9.53 Å². The summed E-state index contributed by atoms with van der Waals surface area (Å²) in [5, 5.41) is 3.78. The molecule has 122 valence electrons. The van der Waals surface area contributed by atoms with Crippen molar-refractivity contribution in [1.82, 2.24) is 10.2 Å². The summed E-state index contributed by atoms with van der Waals surface area (Å²) in [6.45, 7) is 8.84. The fourth-order valence-electron chi connectivity index (χ4n) is 3.43. The third kappa shape index (κ3) is 5.26. The first-order chi connectivity index (χ1) is 10.1. The molecule has 0 spiro atoms. The molecular formula is C17H32N2O2. The third-order valence-electron chi connectivity index (χ3n) is 5.28. The maximum absolute atomic E-state index is 11.3. The first kappa shape index (κ1) is 16.8. The van der Waals surface area contributed by atoms with Crippen LogP contribution in [0.15, 0.2) is 0 Å². The van der Waals surface area contributed by atoms with Gasteiger partial charge in [-0.2, -0.15) is 0 Å². The Morgan fingerprint density at radius 3 is 2.67 bits per heavy atom. The molecule has 1 aliphatic carbocycles. The molecule has 1 saturated heterocycles. The van der Waals surface area contributed by atoms with E-state index < -0.39 is 0 Å². The molecule has 4 heteroatoms. The normalized spacial score (nSPS) is 27.6. The summed E-state index contributed by atoms with van der Waals surface area (Å²) in [6.07, 6.45) is 6.01. The Morgan fingerprint density at radius 2 is 2.10 bits per heavy atom. The zero-order valence-electron chi connectivity index (χ0n) is 13.9. The lowest BCUT2D eigenvalue weighted by molar-refractivity contribution is -0.141. The van der Waals surface area contributed by atoms with E-state index in [9.17, 15) is 4.79 Å². The summed E-state index contributed by atoms with van der Waals surface area (Å²) in [7, 11) is 1.47. The molecular weight excluding hydrogens is 264 g/mol. The van der Waals surface area contributed by atoms with Gasteiger partial charge in [0.15, 0.2) is 0 Å². The second-order valence-electron chi connectivity index (χ2n) is 7.23. The molecule has 1 aliphatic heterocycles. The van der Waals surface area contributed by atoms with Crippen LogP contribution in [-0.2, 0) is 9.53 Å². The molecule has 2 fully saturated rings. The molecule has 2 aliphatic rings. The molecule has 0 bridgehead atoms. The smallest absolute Gasteiger partial charge is 0.306 e. The van der Waals surface area contributed by atoms with Gasteiger partial charge in [-0.25, -0.2) is 0 Å². The van der Waals surface area contributed by atoms with Crippen molar-refractivity contribution in [3.05, 3.63) is 0 Å². The lowest BCUT2D eigenvalue weighted by Gasteiger charge is -2.40. The summed E-state index contributed by atoms with van der Waals surface area (Å²) in [4.78, 5) is 13.8. The Bertz CT molecular complexity index is 329. The van der Waals surface area contributed by atoms with Gasteiger partial charge in [-0.3, -0.25) is 4.79 Å². The zero-order valence-corrected chi connectivity index (χ0v) is 13.9. The monoisotopic (exact) mass is 296 g/mol. The number of hydrogen-bond acceptors (Lipinski definition) is 4. The number of esters is 1. The van der Waals surface area contributed by atoms with Crippen LogP contribution in [0.2, 0.25) is 0 Å². The zero-order chi connectivity index (χ0) is 15.2. The van der Waals surface area contributed by atoms with E-state index in [0.29, 0.717) is 18.4 Å². The highest BCUT2D eigenvalue weighted by atomic mass is 16.5. The summed E-state index contributed by atoms with van der Waals surface area (Å²) < 4.78 is 4.76. The van der Waals surface area contributed by atoms with E-state index in [2.05, 4.69) is 24.1 Å². The van der Waals surface area contributed by atoms with Crippen molar-refractivity contribution in [2.75, 3.05) is 33.3 Å². The Labute approximate surface area is 129 Å². The van der Waals surface area contributed by atoms with Crippen LogP contribution in [0.1, 0.15) is 46.0 Å². The van der Waals surface area contributed by atoms with Gasteiger partial charge in [-0.15, -0.1) is 0 Å². The van der Waals surface area contributed by atoms with Gasteiger partial charge in [0.1, 0.15) is 0 Å². The van der Waals surface area contributed by atoms with Gasteiger partial charge in [0.05, 0.1) is 13.5 Å². The van der Waals surface area contributed by atoms with Crippen LogP contribution in [0, 0.1) is 17.8 Å². The van der Waals surface area contributed by atoms with Crippen LogP contribution >= 0.6 is 0 Å². The molecule has 0 aromatic heterocycles. The number of piperidine rings is 1. The number of ether oxygens (including phenoxy) is 1. The van der Waals surface area contributed by atoms with E-state index >= 15 is 0 Å². The highest BCUT2D eigenvalue weighted by Crippen LogP contribution is 2.27. The minimum Gasteiger partial charge on any atom is -0.469 e. The van der Waals surface area contributed by atoms with Gasteiger partial charge >= 0.3 is 5.97 Å². The van der Waals surface area contributed by atoms with Crippen LogP contribution in [0.25, 0.3) is 0 Å². The summed E-state index contributed by atoms with van der Waals surface area (Å²) in [6, 6.07) is 0.587. The predicted molar refractivity (Wildman–Crippen MR) is 85.1 cm³/mol. The third-order valence-corrected chi connectivity index (χ3v) is 5.28. The molecule has 2 atom stereocenters. The molecule has 1 saturated carbocycles. The first-order valence-electron chi connectivity index (χ1n) is 8.61. The Morgan fingerprint density at radius 1 is 1.33 bits per heavy atom. The Balaban J connectivity index is 1.80. The van der Waals surface area contributed by atoms with Gasteiger partial charge in [0, 0.05) is 25.7 Å². The average molecular weight is 296 g/mol. The second kappa shape index (κ2) is 8.14. The molecule has 0 radical (unpaired) electrons. The van der Waals surface area contributed by atoms with Gasteiger partial charge in [-0.05, 0) is 43.6 Å². The van der Waals surface area contributed by atoms with Crippen LogP contribution in [0.4, 0.5) is 0 Å². The van der Waals surface area contributed by atoms with E-state index in [1.54, 1.807) is 0 Å². The number of rotatable bonds is 7. The van der Waals surface area contributed by atoms with E-state index in [1.165, 1.54) is 39.3 Å². The standard InChI is InChI=1S/C17H32N2O2/c1-13(2)15-9-16(18-10-14-5-4-6-14)12-19(11-15)8-7-17(20)21-3/h13-16,18H,4-12H2,1-3H3. The van der Waals surface area contributed by atoms with Crippen LogP contribution in [-0.4, -0.2) is 50.2 Å². The lowest BCUT2D eigenvalue weighted by Crippen LogP contribution is -2.51. The van der Waals surface area contributed by atoms with Crippen molar-refractivity contribution in [2.45, 2.75) is 52.0 Å². The number of methoxy groups -OCH3 is 1. The van der Waals surface area contributed by atoms with Crippen molar-refractivity contribution in [1.29, 1.82) is 0 Å². The molecule has 0 aromatic rings.